The van der Waals surface area contributed by atoms with Gasteiger partial charge in [0.1, 0.15) is 23.6 Å². The van der Waals surface area contributed by atoms with Gasteiger partial charge in [0.2, 0.25) is 10.0 Å². The molecule has 1 fully saturated rings. The molecule has 0 radical (unpaired) electrons. The molecule has 1 aliphatic rings. The van der Waals surface area contributed by atoms with Gasteiger partial charge in [-0.15, -0.1) is 0 Å². The lowest BCUT2D eigenvalue weighted by Crippen LogP contribution is -2.38. The lowest BCUT2D eigenvalue weighted by Gasteiger charge is -2.16. The van der Waals surface area contributed by atoms with E-state index in [2.05, 4.69) is 20.0 Å². The van der Waals surface area contributed by atoms with Crippen molar-refractivity contribution in [2.45, 2.75) is 37.8 Å². The van der Waals surface area contributed by atoms with Crippen molar-refractivity contribution in [2.24, 2.45) is 0 Å². The molecule has 1 aliphatic carbocycles. The number of aromatic nitrogens is 2. The molecule has 3 aromatic rings. The van der Waals surface area contributed by atoms with Gasteiger partial charge in [0, 0.05) is 22.9 Å². The predicted molar refractivity (Wildman–Crippen MR) is 126 cm³/mol. The van der Waals surface area contributed by atoms with Crippen LogP contribution in [0.2, 0.25) is 5.02 Å². The highest BCUT2D eigenvalue weighted by Gasteiger charge is 2.29. The molecule has 0 amide bonds. The molecule has 0 spiro atoms. The van der Waals surface area contributed by atoms with Crippen LogP contribution in [0.25, 0.3) is 11.3 Å². The number of ether oxygens (including phenoxy) is 1. The average Bonchev–Trinajstić information content (AvgIpc) is 3.62. The summed E-state index contributed by atoms with van der Waals surface area (Å²) in [6.07, 6.45) is 3.37. The Morgan fingerprint density at radius 3 is 2.53 bits per heavy atom. The van der Waals surface area contributed by atoms with E-state index in [1.807, 2.05) is 0 Å². The number of hydrogen-bond donors (Lipinski definition) is 3. The Kier molecular flexibility index (Phi) is 6.87. The predicted octanol–water partition coefficient (Wildman–Crippen LogP) is 4.08. The van der Waals surface area contributed by atoms with Crippen LogP contribution in [0.4, 0.5) is 20.3 Å². The van der Waals surface area contributed by atoms with E-state index in [9.17, 15) is 17.2 Å². The molecule has 1 saturated carbocycles. The standard InChI is InChI=1S/C22H22ClF2N5O3S/c1-12(28-14-6-7-14)34(31,32)30-15-4-2-13(3-5-15)19-10-27-21(26)22(29-19)33-11-16-17(24)8-9-18(25)20(16)23/h2-5,8-10,12,14,28,30H,6-7,11H2,1H3,(H2,26,27). The van der Waals surface area contributed by atoms with Gasteiger partial charge in [-0.25, -0.2) is 27.2 Å². The molecule has 4 rings (SSSR count). The first kappa shape index (κ1) is 24.1. The molecule has 1 unspecified atom stereocenters. The van der Waals surface area contributed by atoms with Gasteiger partial charge in [-0.05, 0) is 44.0 Å². The second-order valence-electron chi connectivity index (χ2n) is 7.86. The van der Waals surface area contributed by atoms with Crippen LogP contribution < -0.4 is 20.5 Å². The summed E-state index contributed by atoms with van der Waals surface area (Å²) in [6.45, 7) is 1.20. The largest absolute Gasteiger partial charge is 0.470 e. The first-order chi connectivity index (χ1) is 16.1. The summed E-state index contributed by atoms with van der Waals surface area (Å²) in [6, 6.07) is 8.62. The minimum absolute atomic E-state index is 0.0433. The van der Waals surface area contributed by atoms with Crippen molar-refractivity contribution in [1.29, 1.82) is 0 Å². The number of nitrogens with two attached hydrogens (primary N) is 1. The fourth-order valence-electron chi connectivity index (χ4n) is 3.10. The first-order valence-corrected chi connectivity index (χ1v) is 12.3. The first-order valence-electron chi connectivity index (χ1n) is 10.4. The number of nitrogens with zero attached hydrogens (tertiary/aromatic N) is 2. The second-order valence-corrected chi connectivity index (χ2v) is 10.2. The molecule has 180 valence electrons. The number of nitrogen functional groups attached to an aromatic ring is 1. The minimum atomic E-state index is -3.60. The van der Waals surface area contributed by atoms with Crippen LogP contribution in [-0.4, -0.2) is 29.8 Å². The Bertz CT molecular complexity index is 1300. The number of nitrogens with one attached hydrogen (secondary N) is 2. The van der Waals surface area contributed by atoms with Crippen LogP contribution in [-0.2, 0) is 16.6 Å². The molecular weight excluding hydrogens is 488 g/mol. The topological polar surface area (TPSA) is 119 Å². The molecule has 2 aromatic carbocycles. The van der Waals surface area contributed by atoms with Crippen molar-refractivity contribution in [3.63, 3.8) is 0 Å². The smallest absolute Gasteiger partial charge is 0.258 e. The summed E-state index contributed by atoms with van der Waals surface area (Å²) in [5, 5.41) is 1.94. The Morgan fingerprint density at radius 2 is 1.85 bits per heavy atom. The maximum atomic E-state index is 14.0. The van der Waals surface area contributed by atoms with Crippen molar-refractivity contribution >= 4 is 33.1 Å². The maximum absolute atomic E-state index is 14.0. The van der Waals surface area contributed by atoms with E-state index in [1.165, 1.54) is 6.20 Å². The summed E-state index contributed by atoms with van der Waals surface area (Å²) in [5.74, 6) is -1.63. The number of anilines is 2. The number of halogens is 3. The van der Waals surface area contributed by atoms with Gasteiger partial charge in [-0.1, -0.05) is 23.7 Å². The number of sulfonamides is 1. The van der Waals surface area contributed by atoms with Crippen LogP contribution >= 0.6 is 11.6 Å². The lowest BCUT2D eigenvalue weighted by molar-refractivity contribution is 0.288. The van der Waals surface area contributed by atoms with E-state index < -0.39 is 33.6 Å². The molecule has 0 aliphatic heterocycles. The number of benzene rings is 2. The van der Waals surface area contributed by atoms with Gasteiger partial charge >= 0.3 is 0 Å². The second kappa shape index (κ2) is 9.69. The van der Waals surface area contributed by atoms with Crippen molar-refractivity contribution in [3.05, 3.63) is 64.8 Å². The third-order valence-electron chi connectivity index (χ3n) is 5.21. The van der Waals surface area contributed by atoms with Crippen LogP contribution in [0.5, 0.6) is 5.88 Å². The van der Waals surface area contributed by atoms with Gasteiger partial charge in [0.25, 0.3) is 5.88 Å². The molecule has 1 atom stereocenters. The van der Waals surface area contributed by atoms with Crippen LogP contribution in [0.1, 0.15) is 25.3 Å². The molecular formula is C22H22ClF2N5O3S. The summed E-state index contributed by atoms with van der Waals surface area (Å²) in [7, 11) is -3.60. The van der Waals surface area contributed by atoms with Gasteiger partial charge in [0.15, 0.2) is 5.82 Å². The summed E-state index contributed by atoms with van der Waals surface area (Å²) in [5.41, 5.74) is 7.03. The summed E-state index contributed by atoms with van der Waals surface area (Å²) in [4.78, 5) is 8.33. The third kappa shape index (κ3) is 5.54. The van der Waals surface area contributed by atoms with Gasteiger partial charge in [0.05, 0.1) is 16.9 Å². The molecule has 34 heavy (non-hydrogen) atoms. The quantitative estimate of drug-likeness (QED) is 0.372. The van der Waals surface area contributed by atoms with Crippen LogP contribution in [0.3, 0.4) is 0 Å². The fraction of sp³-hybridized carbons (Fsp3) is 0.273. The van der Waals surface area contributed by atoms with Crippen LogP contribution in [0, 0.1) is 11.6 Å². The number of hydrogen-bond acceptors (Lipinski definition) is 7. The number of rotatable bonds is 9. The van der Waals surface area contributed by atoms with Crippen molar-refractivity contribution in [1.82, 2.24) is 15.3 Å². The minimum Gasteiger partial charge on any atom is -0.470 e. The SMILES string of the molecule is CC(NC1CC1)S(=O)(=O)Nc1ccc(-c2cnc(N)c(OCc3c(F)ccc(F)c3Cl)n2)cc1. The highest BCUT2D eigenvalue weighted by Crippen LogP contribution is 2.28. The van der Waals surface area contributed by atoms with E-state index in [0.717, 1.165) is 25.0 Å². The van der Waals surface area contributed by atoms with E-state index in [4.69, 9.17) is 22.1 Å². The zero-order chi connectivity index (χ0) is 24.5. The highest BCUT2D eigenvalue weighted by atomic mass is 35.5. The maximum Gasteiger partial charge on any atom is 0.258 e. The molecule has 0 saturated heterocycles. The highest BCUT2D eigenvalue weighted by molar-refractivity contribution is 7.93. The average molecular weight is 510 g/mol. The molecule has 4 N–H and O–H groups in total. The zero-order valence-corrected chi connectivity index (χ0v) is 19.6. The summed E-state index contributed by atoms with van der Waals surface area (Å²) < 4.78 is 60.6. The van der Waals surface area contributed by atoms with Gasteiger partial charge in [-0.3, -0.25) is 10.0 Å². The molecule has 8 nitrogen and oxygen atoms in total. The Balaban J connectivity index is 1.47. The molecule has 1 heterocycles. The lowest BCUT2D eigenvalue weighted by atomic mass is 10.1. The molecule has 0 bridgehead atoms. The van der Waals surface area contributed by atoms with E-state index in [0.29, 0.717) is 16.9 Å². The summed E-state index contributed by atoms with van der Waals surface area (Å²) >= 11 is 5.82. The van der Waals surface area contributed by atoms with Gasteiger partial charge in [-0.2, -0.15) is 0 Å². The normalized spacial score (nSPS) is 14.6. The Labute approximate surface area is 200 Å². The Hall–Kier alpha value is -3.02. The van der Waals surface area contributed by atoms with Crippen molar-refractivity contribution in [2.75, 3.05) is 10.5 Å². The van der Waals surface area contributed by atoms with Crippen molar-refractivity contribution in [3.8, 4) is 17.1 Å². The van der Waals surface area contributed by atoms with E-state index in [-0.39, 0.29) is 28.3 Å². The van der Waals surface area contributed by atoms with E-state index >= 15 is 0 Å². The third-order valence-corrected chi connectivity index (χ3v) is 7.21. The Morgan fingerprint density at radius 1 is 1.18 bits per heavy atom. The fourth-order valence-corrected chi connectivity index (χ4v) is 4.32. The molecule has 1 aromatic heterocycles. The van der Waals surface area contributed by atoms with E-state index in [1.54, 1.807) is 31.2 Å². The zero-order valence-electron chi connectivity index (χ0n) is 18.1. The monoisotopic (exact) mass is 509 g/mol. The van der Waals surface area contributed by atoms with Crippen molar-refractivity contribution < 1.29 is 21.9 Å². The van der Waals surface area contributed by atoms with Gasteiger partial charge < -0.3 is 10.5 Å². The molecule has 12 heteroatoms. The van der Waals surface area contributed by atoms with Crippen LogP contribution in [0.15, 0.2) is 42.6 Å².